The van der Waals surface area contributed by atoms with E-state index in [0.29, 0.717) is 41.1 Å². The highest BCUT2D eigenvalue weighted by Crippen LogP contribution is 2.29. The lowest BCUT2D eigenvalue weighted by atomic mass is 10.1. The van der Waals surface area contributed by atoms with E-state index in [-0.39, 0.29) is 23.5 Å². The topological polar surface area (TPSA) is 103 Å². The molecule has 0 radical (unpaired) electrons. The molecule has 0 amide bonds. The first-order chi connectivity index (χ1) is 17.1. The Bertz CT molecular complexity index is 1750. The van der Waals surface area contributed by atoms with Crippen LogP contribution < -0.4 is 5.56 Å². The molecule has 0 spiro atoms. The lowest BCUT2D eigenvalue weighted by Gasteiger charge is -2.06. The molecule has 9 nitrogen and oxygen atoms in total. The normalized spacial score (nSPS) is 11.7. The molecule has 2 aromatic carbocycles. The highest BCUT2D eigenvalue weighted by atomic mass is 19.1. The predicted octanol–water partition coefficient (Wildman–Crippen LogP) is 3.51. The van der Waals surface area contributed by atoms with Gasteiger partial charge in [0.15, 0.2) is 16.8 Å². The molecule has 0 unspecified atom stereocenters. The highest BCUT2D eigenvalue weighted by molar-refractivity contribution is 5.84. The third-order valence-corrected chi connectivity index (χ3v) is 6.08. The lowest BCUT2D eigenvalue weighted by molar-refractivity contribution is 0.181. The van der Waals surface area contributed by atoms with Crippen molar-refractivity contribution in [1.82, 2.24) is 34.3 Å². The SMILES string of the molecule is COCc1nn2c(nnc3c(=O)n(CCc4c[nH]c5ccccc45)cnc32)c1-c1ccc(F)cc1. The molecule has 0 aliphatic carbocycles. The Morgan fingerprint density at radius 1 is 1.06 bits per heavy atom. The third-order valence-electron chi connectivity index (χ3n) is 6.08. The van der Waals surface area contributed by atoms with Crippen LogP contribution in [-0.2, 0) is 24.3 Å². The molecule has 0 aliphatic rings. The van der Waals surface area contributed by atoms with Crippen molar-refractivity contribution in [3.8, 4) is 11.1 Å². The van der Waals surface area contributed by atoms with Crippen molar-refractivity contribution in [3.05, 3.63) is 88.5 Å². The Kier molecular flexibility index (Phi) is 5.07. The summed E-state index contributed by atoms with van der Waals surface area (Å²) in [5.41, 5.74) is 4.68. The summed E-state index contributed by atoms with van der Waals surface area (Å²) in [5, 5.41) is 14.3. The molecule has 0 saturated carbocycles. The van der Waals surface area contributed by atoms with Crippen LogP contribution in [0.5, 0.6) is 0 Å². The highest BCUT2D eigenvalue weighted by Gasteiger charge is 2.20. The summed E-state index contributed by atoms with van der Waals surface area (Å²) in [5.74, 6) is -0.343. The van der Waals surface area contributed by atoms with Crippen LogP contribution in [-0.4, -0.2) is 41.5 Å². The van der Waals surface area contributed by atoms with Crippen LogP contribution in [0.3, 0.4) is 0 Å². The molecule has 1 N–H and O–H groups in total. The van der Waals surface area contributed by atoms with Crippen LogP contribution in [0.4, 0.5) is 4.39 Å². The summed E-state index contributed by atoms with van der Waals surface area (Å²) in [6, 6.07) is 14.1. The molecule has 0 fully saturated rings. The molecule has 0 bridgehead atoms. The molecule has 0 saturated heterocycles. The number of aromatic nitrogens is 7. The summed E-state index contributed by atoms with van der Waals surface area (Å²) in [4.78, 5) is 21.0. The molecule has 6 aromatic rings. The van der Waals surface area contributed by atoms with Crippen molar-refractivity contribution < 1.29 is 9.13 Å². The number of methoxy groups -OCH3 is 1. The van der Waals surface area contributed by atoms with Crippen molar-refractivity contribution in [3.63, 3.8) is 0 Å². The molecule has 10 heteroatoms. The van der Waals surface area contributed by atoms with Crippen LogP contribution in [0.25, 0.3) is 38.8 Å². The van der Waals surface area contributed by atoms with Crippen molar-refractivity contribution in [2.45, 2.75) is 19.6 Å². The number of nitrogens with one attached hydrogen (secondary N) is 1. The van der Waals surface area contributed by atoms with Crippen LogP contribution in [0, 0.1) is 5.82 Å². The number of ether oxygens (including phenoxy) is 1. The number of rotatable bonds is 6. The smallest absolute Gasteiger partial charge is 0.283 e. The van der Waals surface area contributed by atoms with Gasteiger partial charge in [-0.05, 0) is 35.7 Å². The van der Waals surface area contributed by atoms with E-state index in [1.807, 2.05) is 24.4 Å². The summed E-state index contributed by atoms with van der Waals surface area (Å²) < 4.78 is 21.8. The van der Waals surface area contributed by atoms with Crippen LogP contribution in [0.1, 0.15) is 11.3 Å². The first-order valence-electron chi connectivity index (χ1n) is 11.1. The van der Waals surface area contributed by atoms with E-state index in [0.717, 1.165) is 16.5 Å². The molecule has 174 valence electrons. The number of H-pyrrole nitrogens is 1. The predicted molar refractivity (Wildman–Crippen MR) is 128 cm³/mol. The Balaban J connectivity index is 1.42. The number of para-hydroxylation sites is 1. The third kappa shape index (κ3) is 3.55. The Morgan fingerprint density at radius 2 is 1.89 bits per heavy atom. The maximum absolute atomic E-state index is 13.5. The van der Waals surface area contributed by atoms with Gasteiger partial charge in [0.1, 0.15) is 12.1 Å². The number of fused-ring (bicyclic) bond motifs is 4. The van der Waals surface area contributed by atoms with E-state index in [9.17, 15) is 9.18 Å². The first kappa shape index (κ1) is 21.1. The molecular weight excluding hydrogens is 449 g/mol. The van der Waals surface area contributed by atoms with Gasteiger partial charge in [-0.2, -0.15) is 9.61 Å². The molecule has 0 aliphatic heterocycles. The van der Waals surface area contributed by atoms with Crippen molar-refractivity contribution in [1.29, 1.82) is 0 Å². The Morgan fingerprint density at radius 3 is 2.71 bits per heavy atom. The van der Waals surface area contributed by atoms with Gasteiger partial charge in [-0.15, -0.1) is 10.2 Å². The molecule has 35 heavy (non-hydrogen) atoms. The second-order valence-electron chi connectivity index (χ2n) is 8.22. The second-order valence-corrected chi connectivity index (χ2v) is 8.22. The first-order valence-corrected chi connectivity index (χ1v) is 11.1. The Labute approximate surface area is 197 Å². The number of hydrogen-bond donors (Lipinski definition) is 1. The van der Waals surface area contributed by atoms with E-state index >= 15 is 0 Å². The standard InChI is InChI=1S/C25H20FN7O2/c1-35-13-20-21(15-6-8-17(26)9-7-15)23-30-29-22-24(33(23)31-20)28-14-32(25(22)34)11-10-16-12-27-19-5-3-2-4-18(16)19/h2-9,12,14,27H,10-11,13H2,1H3. The number of aromatic amines is 1. The molecule has 0 atom stereocenters. The fourth-order valence-electron chi connectivity index (χ4n) is 4.39. The van der Waals surface area contributed by atoms with Crippen LogP contribution in [0.15, 0.2) is 65.8 Å². The van der Waals surface area contributed by atoms with Gasteiger partial charge >= 0.3 is 0 Å². The van der Waals surface area contributed by atoms with E-state index in [4.69, 9.17) is 4.74 Å². The van der Waals surface area contributed by atoms with Gasteiger partial charge < -0.3 is 9.72 Å². The number of hydrogen-bond acceptors (Lipinski definition) is 6. The average molecular weight is 469 g/mol. The maximum atomic E-state index is 13.5. The summed E-state index contributed by atoms with van der Waals surface area (Å²) in [6.45, 7) is 0.650. The average Bonchev–Trinajstić information content (AvgIpc) is 3.46. The van der Waals surface area contributed by atoms with Crippen molar-refractivity contribution in [2.75, 3.05) is 7.11 Å². The van der Waals surface area contributed by atoms with E-state index in [2.05, 4.69) is 31.3 Å². The van der Waals surface area contributed by atoms with Crippen LogP contribution in [0.2, 0.25) is 0 Å². The second kappa shape index (κ2) is 8.41. The summed E-state index contributed by atoms with van der Waals surface area (Å²) in [7, 11) is 1.56. The quantitative estimate of drug-likeness (QED) is 0.401. The lowest BCUT2D eigenvalue weighted by Crippen LogP contribution is -2.23. The van der Waals surface area contributed by atoms with E-state index in [1.165, 1.54) is 27.5 Å². The minimum atomic E-state index is -0.343. The molecule has 4 aromatic heterocycles. The van der Waals surface area contributed by atoms with Gasteiger partial charge in [0.25, 0.3) is 5.56 Å². The van der Waals surface area contributed by atoms with Crippen molar-refractivity contribution in [2.24, 2.45) is 0 Å². The number of aryl methyl sites for hydroxylation is 2. The van der Waals surface area contributed by atoms with Gasteiger partial charge in [-0.1, -0.05) is 30.3 Å². The largest absolute Gasteiger partial charge is 0.378 e. The zero-order valence-electron chi connectivity index (χ0n) is 18.8. The number of halogens is 1. The maximum Gasteiger partial charge on any atom is 0.283 e. The van der Waals surface area contributed by atoms with Gasteiger partial charge in [0, 0.05) is 30.8 Å². The van der Waals surface area contributed by atoms with Crippen molar-refractivity contribution >= 4 is 27.7 Å². The van der Waals surface area contributed by atoms with E-state index in [1.54, 1.807) is 19.2 Å². The minimum Gasteiger partial charge on any atom is -0.378 e. The number of benzene rings is 2. The van der Waals surface area contributed by atoms with Gasteiger partial charge in [-0.3, -0.25) is 9.36 Å². The number of nitrogens with zero attached hydrogens (tertiary/aromatic N) is 6. The van der Waals surface area contributed by atoms with Crippen LogP contribution >= 0.6 is 0 Å². The molecular formula is C25H20FN7O2. The van der Waals surface area contributed by atoms with E-state index < -0.39 is 0 Å². The monoisotopic (exact) mass is 469 g/mol. The zero-order chi connectivity index (χ0) is 23.9. The summed E-state index contributed by atoms with van der Waals surface area (Å²) in [6.07, 6.45) is 4.13. The fourth-order valence-corrected chi connectivity index (χ4v) is 4.39. The fraction of sp³-hybridized carbons (Fsp3) is 0.160. The summed E-state index contributed by atoms with van der Waals surface area (Å²) >= 11 is 0. The van der Waals surface area contributed by atoms with Gasteiger partial charge in [0.2, 0.25) is 0 Å². The molecule has 4 heterocycles. The zero-order valence-corrected chi connectivity index (χ0v) is 18.8. The Hall–Kier alpha value is -4.44. The minimum absolute atomic E-state index is 0.121. The van der Waals surface area contributed by atoms with Gasteiger partial charge in [0.05, 0.1) is 17.9 Å². The molecule has 6 rings (SSSR count). The van der Waals surface area contributed by atoms with Gasteiger partial charge in [-0.25, -0.2) is 9.37 Å².